The highest BCUT2D eigenvalue weighted by Crippen LogP contribution is 2.28. The van der Waals surface area contributed by atoms with Crippen molar-refractivity contribution < 1.29 is 14.3 Å². The number of aliphatic imine (C=N–C) groups is 1. The number of carbonyl (C=O) groups excluding carboxylic acids is 1. The van der Waals surface area contributed by atoms with Crippen molar-refractivity contribution in [3.63, 3.8) is 0 Å². The Kier molecular flexibility index (Phi) is 4.13. The minimum absolute atomic E-state index is 0.0389. The van der Waals surface area contributed by atoms with Gasteiger partial charge < -0.3 is 20.5 Å². The lowest BCUT2D eigenvalue weighted by atomic mass is 9.97. The van der Waals surface area contributed by atoms with Gasteiger partial charge in [-0.05, 0) is 18.6 Å². The summed E-state index contributed by atoms with van der Waals surface area (Å²) >= 11 is 0. The molecule has 1 fully saturated rings. The van der Waals surface area contributed by atoms with E-state index in [0.29, 0.717) is 25.4 Å². The predicted molar refractivity (Wildman–Crippen MR) is 82.8 cm³/mol. The maximum atomic E-state index is 11.2. The number of carbonyl (C=O) groups is 1. The van der Waals surface area contributed by atoms with Crippen LogP contribution in [-0.2, 0) is 14.3 Å². The van der Waals surface area contributed by atoms with Crippen LogP contribution in [0.15, 0.2) is 23.2 Å². The highest BCUT2D eigenvalue weighted by Gasteiger charge is 2.32. The van der Waals surface area contributed by atoms with Crippen molar-refractivity contribution >= 4 is 11.8 Å². The Balaban J connectivity index is 1.79. The molecule has 22 heavy (non-hydrogen) atoms. The number of ether oxygens (including phenoxy) is 2. The van der Waals surface area contributed by atoms with E-state index in [0.717, 1.165) is 16.7 Å². The van der Waals surface area contributed by atoms with Crippen LogP contribution in [0.25, 0.3) is 0 Å². The number of benzene rings is 1. The standard InChI is InChI=1S/C16H21N3O3/c1-9-3-4-11-12(5-9)16(19-8-14(11)21-2)22-10-6-13(15(17)20)18-7-10/h3-5,10,13-14,18H,6-8H2,1-2H3,(H2,17,20)/t10-,13?,14?/m1/s1. The van der Waals surface area contributed by atoms with Crippen LogP contribution in [0.2, 0.25) is 0 Å². The van der Waals surface area contributed by atoms with Gasteiger partial charge in [0.05, 0.1) is 12.6 Å². The second-order valence-corrected chi connectivity index (χ2v) is 5.80. The lowest BCUT2D eigenvalue weighted by Crippen LogP contribution is -2.36. The monoisotopic (exact) mass is 303 g/mol. The number of methoxy groups -OCH3 is 1. The number of primary amides is 1. The maximum Gasteiger partial charge on any atom is 0.234 e. The molecule has 0 bridgehead atoms. The van der Waals surface area contributed by atoms with Gasteiger partial charge in [0.1, 0.15) is 12.2 Å². The predicted octanol–water partition coefficient (Wildman–Crippen LogP) is 0.675. The fourth-order valence-corrected chi connectivity index (χ4v) is 2.96. The molecule has 3 N–H and O–H groups in total. The molecule has 1 aromatic rings. The van der Waals surface area contributed by atoms with Gasteiger partial charge in [0, 0.05) is 25.6 Å². The molecule has 1 aromatic carbocycles. The summed E-state index contributed by atoms with van der Waals surface area (Å²) in [6.45, 7) is 3.18. The Labute approximate surface area is 129 Å². The van der Waals surface area contributed by atoms with E-state index < -0.39 is 0 Å². The second kappa shape index (κ2) is 6.06. The maximum absolute atomic E-state index is 11.2. The van der Waals surface area contributed by atoms with Crippen LogP contribution in [0.1, 0.15) is 29.2 Å². The molecule has 3 rings (SSSR count). The molecule has 1 saturated heterocycles. The van der Waals surface area contributed by atoms with Crippen molar-refractivity contribution in [3.8, 4) is 0 Å². The number of rotatable bonds is 3. The highest BCUT2D eigenvalue weighted by molar-refractivity contribution is 5.97. The zero-order valence-corrected chi connectivity index (χ0v) is 12.8. The van der Waals surface area contributed by atoms with Crippen molar-refractivity contribution in [2.24, 2.45) is 10.7 Å². The third-order valence-corrected chi connectivity index (χ3v) is 4.18. The van der Waals surface area contributed by atoms with E-state index >= 15 is 0 Å². The Bertz CT molecular complexity index is 615. The number of fused-ring (bicyclic) bond motifs is 1. The van der Waals surface area contributed by atoms with Crippen LogP contribution >= 0.6 is 0 Å². The number of amides is 1. The van der Waals surface area contributed by atoms with E-state index in [1.54, 1.807) is 7.11 Å². The Morgan fingerprint density at radius 2 is 2.27 bits per heavy atom. The average Bonchev–Trinajstić information content (AvgIpc) is 2.96. The summed E-state index contributed by atoms with van der Waals surface area (Å²) in [4.78, 5) is 15.7. The minimum atomic E-state index is -0.340. The molecular weight excluding hydrogens is 282 g/mol. The topological polar surface area (TPSA) is 85.9 Å². The molecule has 2 unspecified atom stereocenters. The molecule has 6 nitrogen and oxygen atoms in total. The first-order valence-corrected chi connectivity index (χ1v) is 7.46. The van der Waals surface area contributed by atoms with Crippen LogP contribution in [0.3, 0.4) is 0 Å². The zero-order valence-electron chi connectivity index (χ0n) is 12.8. The SMILES string of the molecule is COC1CN=C(O[C@H]2CNC(C(N)=O)C2)c2cc(C)ccc21. The molecule has 6 heteroatoms. The smallest absolute Gasteiger partial charge is 0.234 e. The Hall–Kier alpha value is -1.92. The van der Waals surface area contributed by atoms with Gasteiger partial charge in [0.15, 0.2) is 0 Å². The van der Waals surface area contributed by atoms with Gasteiger partial charge in [-0.3, -0.25) is 4.79 Å². The molecule has 118 valence electrons. The molecule has 2 aliphatic heterocycles. The summed E-state index contributed by atoms with van der Waals surface area (Å²) in [7, 11) is 1.69. The minimum Gasteiger partial charge on any atom is -0.473 e. The van der Waals surface area contributed by atoms with E-state index in [-0.39, 0.29) is 24.2 Å². The molecule has 3 atom stereocenters. The largest absolute Gasteiger partial charge is 0.473 e. The number of nitrogens with two attached hydrogens (primary N) is 1. The molecule has 0 spiro atoms. The van der Waals surface area contributed by atoms with Gasteiger partial charge in [-0.15, -0.1) is 0 Å². The number of aryl methyl sites for hydroxylation is 1. The van der Waals surface area contributed by atoms with Gasteiger partial charge in [0.2, 0.25) is 11.8 Å². The summed E-state index contributed by atoms with van der Waals surface area (Å²) < 4.78 is 11.5. The van der Waals surface area contributed by atoms with Gasteiger partial charge in [-0.2, -0.15) is 0 Å². The first-order valence-electron chi connectivity index (χ1n) is 7.46. The molecule has 1 amide bonds. The van der Waals surface area contributed by atoms with Crippen molar-refractivity contribution in [2.45, 2.75) is 31.6 Å². The summed E-state index contributed by atoms with van der Waals surface area (Å²) in [5, 5.41) is 3.07. The fourth-order valence-electron chi connectivity index (χ4n) is 2.96. The van der Waals surface area contributed by atoms with Crippen molar-refractivity contribution in [3.05, 3.63) is 34.9 Å². The van der Waals surface area contributed by atoms with Gasteiger partial charge in [0.25, 0.3) is 0 Å². The number of nitrogens with zero attached hydrogens (tertiary/aromatic N) is 1. The van der Waals surface area contributed by atoms with Crippen LogP contribution in [0.5, 0.6) is 0 Å². The zero-order chi connectivity index (χ0) is 15.7. The summed E-state index contributed by atoms with van der Waals surface area (Å²) in [6, 6.07) is 5.87. The molecule has 0 aromatic heterocycles. The van der Waals surface area contributed by atoms with E-state index in [9.17, 15) is 4.79 Å². The fraction of sp³-hybridized carbons (Fsp3) is 0.500. The van der Waals surface area contributed by atoms with Gasteiger partial charge >= 0.3 is 0 Å². The van der Waals surface area contributed by atoms with Gasteiger partial charge in [-0.1, -0.05) is 17.7 Å². The second-order valence-electron chi connectivity index (χ2n) is 5.80. The average molecular weight is 303 g/mol. The molecule has 2 heterocycles. The van der Waals surface area contributed by atoms with Crippen LogP contribution in [0, 0.1) is 6.92 Å². The van der Waals surface area contributed by atoms with Crippen LogP contribution in [0.4, 0.5) is 0 Å². The molecule has 0 saturated carbocycles. The summed E-state index contributed by atoms with van der Waals surface area (Å²) in [5.41, 5.74) is 8.53. The number of nitrogens with one attached hydrogen (secondary N) is 1. The van der Waals surface area contributed by atoms with E-state index in [2.05, 4.69) is 28.5 Å². The van der Waals surface area contributed by atoms with E-state index in [1.807, 2.05) is 6.92 Å². The third kappa shape index (κ3) is 2.84. The van der Waals surface area contributed by atoms with Crippen LogP contribution < -0.4 is 11.1 Å². The molecular formula is C16H21N3O3. The first-order chi connectivity index (χ1) is 10.6. The quantitative estimate of drug-likeness (QED) is 0.859. The normalized spacial score (nSPS) is 27.2. The first kappa shape index (κ1) is 15.0. The number of hydrogen-bond acceptors (Lipinski definition) is 5. The Morgan fingerprint density at radius 3 is 2.95 bits per heavy atom. The highest BCUT2D eigenvalue weighted by atomic mass is 16.5. The molecule has 2 aliphatic rings. The van der Waals surface area contributed by atoms with Gasteiger partial charge in [-0.25, -0.2) is 4.99 Å². The van der Waals surface area contributed by atoms with E-state index in [1.165, 1.54) is 0 Å². The summed E-state index contributed by atoms with van der Waals surface area (Å²) in [5.74, 6) is 0.288. The molecule has 0 aliphatic carbocycles. The molecule has 0 radical (unpaired) electrons. The lowest BCUT2D eigenvalue weighted by molar-refractivity contribution is -0.119. The van der Waals surface area contributed by atoms with Crippen molar-refractivity contribution in [2.75, 3.05) is 20.2 Å². The van der Waals surface area contributed by atoms with E-state index in [4.69, 9.17) is 15.2 Å². The third-order valence-electron chi connectivity index (χ3n) is 4.18. The van der Waals surface area contributed by atoms with Crippen molar-refractivity contribution in [1.82, 2.24) is 5.32 Å². The number of hydrogen-bond donors (Lipinski definition) is 2. The van der Waals surface area contributed by atoms with Crippen LogP contribution in [-0.4, -0.2) is 44.2 Å². The Morgan fingerprint density at radius 1 is 1.45 bits per heavy atom. The lowest BCUT2D eigenvalue weighted by Gasteiger charge is -2.25. The summed E-state index contributed by atoms with van der Waals surface area (Å²) in [6.07, 6.45) is 0.440. The van der Waals surface area contributed by atoms with Crippen molar-refractivity contribution in [1.29, 1.82) is 0 Å².